The van der Waals surface area contributed by atoms with Crippen LogP contribution in [0.4, 0.5) is 0 Å². The zero-order chi connectivity index (χ0) is 15.5. The fourth-order valence-electron chi connectivity index (χ4n) is 2.88. The molecule has 0 bridgehead atoms. The molecule has 1 aromatic heterocycles. The summed E-state index contributed by atoms with van der Waals surface area (Å²) in [6.45, 7) is 8.59. The first-order valence-corrected chi connectivity index (χ1v) is 8.38. The molecule has 0 atom stereocenters. The molecular formula is C16H21N4OS+. The summed E-state index contributed by atoms with van der Waals surface area (Å²) in [6, 6.07) is 8.67. The number of carbonyl (C=O) groups is 1. The van der Waals surface area contributed by atoms with Crippen molar-refractivity contribution in [3.05, 3.63) is 46.0 Å². The summed E-state index contributed by atoms with van der Waals surface area (Å²) >= 11 is 1.20. The second-order valence-corrected chi connectivity index (χ2v) is 6.65. The number of aromatic nitrogens is 2. The van der Waals surface area contributed by atoms with E-state index < -0.39 is 0 Å². The molecule has 0 unspecified atom stereocenters. The van der Waals surface area contributed by atoms with Gasteiger partial charge in [0.25, 0.3) is 5.91 Å². The van der Waals surface area contributed by atoms with Crippen molar-refractivity contribution in [2.45, 2.75) is 20.4 Å². The molecule has 1 N–H and O–H groups in total. The van der Waals surface area contributed by atoms with Crippen LogP contribution in [0.3, 0.4) is 0 Å². The largest absolute Gasteiger partial charge is 0.328 e. The van der Waals surface area contributed by atoms with Gasteiger partial charge in [0.05, 0.1) is 31.9 Å². The van der Waals surface area contributed by atoms with E-state index in [-0.39, 0.29) is 5.91 Å². The lowest BCUT2D eigenvalue weighted by atomic mass is 10.1. The molecule has 0 saturated carbocycles. The predicted molar refractivity (Wildman–Crippen MR) is 86.1 cm³/mol. The van der Waals surface area contributed by atoms with Gasteiger partial charge in [-0.2, -0.15) is 0 Å². The van der Waals surface area contributed by atoms with E-state index >= 15 is 0 Å². The van der Waals surface area contributed by atoms with Crippen molar-refractivity contribution in [2.75, 3.05) is 26.2 Å². The highest BCUT2D eigenvalue weighted by Gasteiger charge is 2.26. The molecule has 116 valence electrons. The Labute approximate surface area is 134 Å². The molecule has 0 spiro atoms. The molecule has 0 radical (unpaired) electrons. The van der Waals surface area contributed by atoms with Crippen LogP contribution in [-0.4, -0.2) is 46.6 Å². The minimum Gasteiger partial charge on any atom is -0.328 e. The van der Waals surface area contributed by atoms with E-state index in [0.717, 1.165) is 38.4 Å². The van der Waals surface area contributed by atoms with Gasteiger partial charge >= 0.3 is 0 Å². The molecule has 1 amide bonds. The summed E-state index contributed by atoms with van der Waals surface area (Å²) in [6.07, 6.45) is 0. The van der Waals surface area contributed by atoms with Crippen molar-refractivity contribution in [3.8, 4) is 0 Å². The van der Waals surface area contributed by atoms with Gasteiger partial charge in [-0.25, -0.2) is 0 Å². The van der Waals surface area contributed by atoms with Crippen LogP contribution in [-0.2, 0) is 6.54 Å². The number of nitrogens with zero attached hydrogens (tertiary/aromatic N) is 3. The Morgan fingerprint density at radius 3 is 2.73 bits per heavy atom. The molecule has 1 aromatic carbocycles. The summed E-state index contributed by atoms with van der Waals surface area (Å²) in [5, 5.41) is 3.93. The average Bonchev–Trinajstić information content (AvgIpc) is 2.93. The highest BCUT2D eigenvalue weighted by atomic mass is 32.1. The lowest BCUT2D eigenvalue weighted by Crippen LogP contribution is -3.13. The Kier molecular flexibility index (Phi) is 4.49. The fourth-order valence-corrected chi connectivity index (χ4v) is 3.51. The van der Waals surface area contributed by atoms with Crippen molar-refractivity contribution in [1.82, 2.24) is 14.5 Å². The van der Waals surface area contributed by atoms with Gasteiger partial charge in [0.1, 0.15) is 11.4 Å². The number of amides is 1. The van der Waals surface area contributed by atoms with Crippen LogP contribution < -0.4 is 4.90 Å². The maximum absolute atomic E-state index is 12.4. The van der Waals surface area contributed by atoms with Gasteiger partial charge in [0.15, 0.2) is 0 Å². The van der Waals surface area contributed by atoms with Gasteiger partial charge in [-0.3, -0.25) is 4.79 Å². The Hall–Kier alpha value is -1.79. The van der Waals surface area contributed by atoms with Crippen LogP contribution in [0, 0.1) is 13.8 Å². The van der Waals surface area contributed by atoms with Crippen molar-refractivity contribution >= 4 is 17.4 Å². The highest BCUT2D eigenvalue weighted by Crippen LogP contribution is 2.12. The Bertz CT molecular complexity index is 662. The van der Waals surface area contributed by atoms with Gasteiger partial charge in [0.2, 0.25) is 0 Å². The molecule has 2 aromatic rings. The minimum atomic E-state index is 0.0853. The summed E-state index contributed by atoms with van der Waals surface area (Å²) in [4.78, 5) is 16.6. The SMILES string of the molecule is Cc1cccc(C[NH+]2CCN(C(=O)c3snnc3C)CC2)c1. The predicted octanol–water partition coefficient (Wildman–Crippen LogP) is 0.696. The van der Waals surface area contributed by atoms with E-state index in [2.05, 4.69) is 40.8 Å². The number of hydrogen-bond donors (Lipinski definition) is 1. The third kappa shape index (κ3) is 3.34. The monoisotopic (exact) mass is 317 g/mol. The lowest BCUT2D eigenvalue weighted by Gasteiger charge is -2.32. The third-order valence-electron chi connectivity index (χ3n) is 4.14. The van der Waals surface area contributed by atoms with Crippen LogP contribution in [0.1, 0.15) is 26.5 Å². The Balaban J connectivity index is 1.56. The highest BCUT2D eigenvalue weighted by molar-refractivity contribution is 7.07. The van der Waals surface area contributed by atoms with E-state index in [1.54, 1.807) is 0 Å². The van der Waals surface area contributed by atoms with Gasteiger partial charge in [-0.05, 0) is 25.4 Å². The molecule has 0 aliphatic carbocycles. The summed E-state index contributed by atoms with van der Waals surface area (Å²) in [5.41, 5.74) is 3.42. The Morgan fingerprint density at radius 2 is 2.09 bits per heavy atom. The number of hydrogen-bond acceptors (Lipinski definition) is 4. The number of quaternary nitrogens is 1. The van der Waals surface area contributed by atoms with E-state index in [1.807, 2.05) is 11.8 Å². The average molecular weight is 317 g/mol. The van der Waals surface area contributed by atoms with Crippen molar-refractivity contribution in [2.24, 2.45) is 0 Å². The standard InChI is InChI=1S/C16H20N4OS/c1-12-4-3-5-14(10-12)11-19-6-8-20(9-7-19)16(21)15-13(2)17-18-22-15/h3-5,10H,6-9,11H2,1-2H3/p+1. The molecule has 5 nitrogen and oxygen atoms in total. The second-order valence-electron chi connectivity index (χ2n) is 5.90. The number of piperazine rings is 1. The smallest absolute Gasteiger partial charge is 0.267 e. The number of benzene rings is 1. The molecule has 1 aliphatic heterocycles. The van der Waals surface area contributed by atoms with Crippen molar-refractivity contribution in [1.29, 1.82) is 0 Å². The maximum Gasteiger partial charge on any atom is 0.267 e. The van der Waals surface area contributed by atoms with Crippen molar-refractivity contribution < 1.29 is 9.69 Å². The fraction of sp³-hybridized carbons (Fsp3) is 0.438. The summed E-state index contributed by atoms with van der Waals surface area (Å²) in [7, 11) is 0. The second kappa shape index (κ2) is 6.54. The first kappa shape index (κ1) is 15.1. The molecule has 1 saturated heterocycles. The summed E-state index contributed by atoms with van der Waals surface area (Å²) in [5.74, 6) is 0.0853. The topological polar surface area (TPSA) is 50.5 Å². The van der Waals surface area contributed by atoms with Gasteiger partial charge < -0.3 is 9.80 Å². The van der Waals surface area contributed by atoms with Gasteiger partial charge in [-0.1, -0.05) is 34.3 Å². The van der Waals surface area contributed by atoms with Crippen LogP contribution in [0.25, 0.3) is 0 Å². The molecular weight excluding hydrogens is 296 g/mol. The van der Waals surface area contributed by atoms with Gasteiger partial charge in [-0.15, -0.1) is 5.10 Å². The van der Waals surface area contributed by atoms with E-state index in [9.17, 15) is 4.79 Å². The number of nitrogens with one attached hydrogen (secondary N) is 1. The first-order chi connectivity index (χ1) is 10.6. The van der Waals surface area contributed by atoms with Crippen LogP contribution >= 0.6 is 11.5 Å². The van der Waals surface area contributed by atoms with E-state index in [1.165, 1.54) is 27.6 Å². The third-order valence-corrected chi connectivity index (χ3v) is 4.96. The molecule has 2 heterocycles. The van der Waals surface area contributed by atoms with Crippen molar-refractivity contribution in [3.63, 3.8) is 0 Å². The lowest BCUT2D eigenvalue weighted by molar-refractivity contribution is -0.917. The quantitative estimate of drug-likeness (QED) is 0.906. The molecule has 6 heteroatoms. The molecule has 1 fully saturated rings. The first-order valence-electron chi connectivity index (χ1n) is 7.61. The zero-order valence-electron chi connectivity index (χ0n) is 13.0. The number of carbonyl (C=O) groups excluding carboxylic acids is 1. The molecule has 3 rings (SSSR count). The number of aryl methyl sites for hydroxylation is 2. The van der Waals surface area contributed by atoms with Gasteiger partial charge in [0, 0.05) is 5.56 Å². The molecule has 22 heavy (non-hydrogen) atoms. The minimum absolute atomic E-state index is 0.0853. The molecule has 1 aliphatic rings. The number of rotatable bonds is 3. The normalized spacial score (nSPS) is 16.0. The van der Waals surface area contributed by atoms with Crippen LogP contribution in [0.2, 0.25) is 0 Å². The summed E-state index contributed by atoms with van der Waals surface area (Å²) < 4.78 is 3.86. The van der Waals surface area contributed by atoms with E-state index in [4.69, 9.17) is 0 Å². The maximum atomic E-state index is 12.4. The zero-order valence-corrected chi connectivity index (χ0v) is 13.8. The van der Waals surface area contributed by atoms with Crippen LogP contribution in [0.15, 0.2) is 24.3 Å². The Morgan fingerprint density at radius 1 is 1.32 bits per heavy atom. The van der Waals surface area contributed by atoms with Crippen LogP contribution in [0.5, 0.6) is 0 Å². The van der Waals surface area contributed by atoms with E-state index in [0.29, 0.717) is 4.88 Å².